The summed E-state index contributed by atoms with van der Waals surface area (Å²) >= 11 is 0. The Bertz CT molecular complexity index is 779. The summed E-state index contributed by atoms with van der Waals surface area (Å²) in [6.45, 7) is 0. The topological polar surface area (TPSA) is 43.1 Å². The van der Waals surface area contributed by atoms with Crippen LogP contribution in [0, 0.1) is 0 Å². The van der Waals surface area contributed by atoms with Gasteiger partial charge in [-0.3, -0.25) is 4.79 Å². The molecule has 0 aromatic heterocycles. The lowest BCUT2D eigenvalue weighted by Crippen LogP contribution is -2.06. The number of anilines is 1. The molecule has 3 aromatic rings. The zero-order valence-electron chi connectivity index (χ0n) is 12.2. The van der Waals surface area contributed by atoms with E-state index in [0.29, 0.717) is 17.7 Å². The Morgan fingerprint density at radius 2 is 1.41 bits per heavy atom. The quantitative estimate of drug-likeness (QED) is 0.572. The average molecular weight is 287 g/mol. The van der Waals surface area contributed by atoms with Crippen LogP contribution in [-0.2, 0) is 6.42 Å². The number of carbonyl (C=O) groups excluding carboxylic acids is 1. The van der Waals surface area contributed by atoms with Crippen molar-refractivity contribution in [2.24, 2.45) is 0 Å². The van der Waals surface area contributed by atoms with E-state index in [4.69, 9.17) is 5.73 Å². The summed E-state index contributed by atoms with van der Waals surface area (Å²) in [7, 11) is 0. The minimum atomic E-state index is 0.0810. The lowest BCUT2D eigenvalue weighted by atomic mass is 9.97. The molecule has 2 heteroatoms. The Kier molecular flexibility index (Phi) is 4.01. The van der Waals surface area contributed by atoms with Gasteiger partial charge in [0.25, 0.3) is 0 Å². The van der Waals surface area contributed by atoms with E-state index in [1.807, 2.05) is 78.9 Å². The van der Waals surface area contributed by atoms with E-state index in [2.05, 4.69) is 0 Å². The molecule has 0 heterocycles. The highest BCUT2D eigenvalue weighted by Gasteiger charge is 2.10. The van der Waals surface area contributed by atoms with Crippen LogP contribution in [0.4, 0.5) is 5.69 Å². The number of ketones is 1. The van der Waals surface area contributed by atoms with Crippen molar-refractivity contribution in [1.82, 2.24) is 0 Å². The van der Waals surface area contributed by atoms with Gasteiger partial charge in [0.2, 0.25) is 0 Å². The van der Waals surface area contributed by atoms with Crippen molar-refractivity contribution in [2.45, 2.75) is 6.42 Å². The van der Waals surface area contributed by atoms with Crippen molar-refractivity contribution in [2.75, 3.05) is 5.73 Å². The predicted molar refractivity (Wildman–Crippen MR) is 90.8 cm³/mol. The van der Waals surface area contributed by atoms with Gasteiger partial charge in [-0.15, -0.1) is 0 Å². The number of hydrogen-bond acceptors (Lipinski definition) is 2. The van der Waals surface area contributed by atoms with E-state index >= 15 is 0 Å². The summed E-state index contributed by atoms with van der Waals surface area (Å²) < 4.78 is 0. The van der Waals surface area contributed by atoms with Crippen LogP contribution in [0.1, 0.15) is 15.9 Å². The van der Waals surface area contributed by atoms with Crippen molar-refractivity contribution in [3.05, 3.63) is 90.0 Å². The molecule has 0 fully saturated rings. The molecule has 3 aromatic carbocycles. The van der Waals surface area contributed by atoms with Crippen molar-refractivity contribution >= 4 is 11.5 Å². The molecule has 108 valence electrons. The van der Waals surface area contributed by atoms with Crippen LogP contribution in [0.2, 0.25) is 0 Å². The highest BCUT2D eigenvalue weighted by atomic mass is 16.1. The molecule has 0 spiro atoms. The van der Waals surface area contributed by atoms with Gasteiger partial charge in [-0.1, -0.05) is 66.7 Å². The zero-order chi connectivity index (χ0) is 15.4. The van der Waals surface area contributed by atoms with Gasteiger partial charge in [0.15, 0.2) is 5.78 Å². The van der Waals surface area contributed by atoms with Crippen LogP contribution >= 0.6 is 0 Å². The third-order valence-corrected chi connectivity index (χ3v) is 3.70. The summed E-state index contributed by atoms with van der Waals surface area (Å²) in [5.41, 5.74) is 10.5. The maximum Gasteiger partial charge on any atom is 0.167 e. The first-order valence-electron chi connectivity index (χ1n) is 7.26. The molecular formula is C20H17NO. The van der Waals surface area contributed by atoms with Gasteiger partial charge in [-0.05, 0) is 28.8 Å². The SMILES string of the molecule is Nc1ccc(-c2ccccc2)cc1CC(=O)c1ccccc1. The Morgan fingerprint density at radius 3 is 2.09 bits per heavy atom. The molecule has 0 atom stereocenters. The van der Waals surface area contributed by atoms with Crippen molar-refractivity contribution in [3.8, 4) is 11.1 Å². The third-order valence-electron chi connectivity index (χ3n) is 3.70. The van der Waals surface area contributed by atoms with E-state index < -0.39 is 0 Å². The number of benzene rings is 3. The second-order valence-electron chi connectivity index (χ2n) is 5.25. The molecule has 0 bridgehead atoms. The van der Waals surface area contributed by atoms with Crippen LogP contribution in [0.5, 0.6) is 0 Å². The number of nitrogens with two attached hydrogens (primary N) is 1. The Labute approximate surface area is 130 Å². The van der Waals surface area contributed by atoms with Crippen molar-refractivity contribution in [3.63, 3.8) is 0 Å². The zero-order valence-corrected chi connectivity index (χ0v) is 12.2. The maximum absolute atomic E-state index is 12.4. The molecule has 3 rings (SSSR count). The molecule has 0 radical (unpaired) electrons. The smallest absolute Gasteiger partial charge is 0.167 e. The average Bonchev–Trinajstić information content (AvgIpc) is 2.58. The largest absolute Gasteiger partial charge is 0.398 e. The van der Waals surface area contributed by atoms with Crippen LogP contribution in [0.25, 0.3) is 11.1 Å². The molecule has 0 unspecified atom stereocenters. The fourth-order valence-electron chi connectivity index (χ4n) is 2.47. The minimum Gasteiger partial charge on any atom is -0.398 e. The number of Topliss-reactive ketones (excluding diaryl/α,β-unsaturated/α-hetero) is 1. The summed E-state index contributed by atoms with van der Waals surface area (Å²) in [5.74, 6) is 0.0810. The Morgan fingerprint density at radius 1 is 0.773 bits per heavy atom. The van der Waals surface area contributed by atoms with E-state index in [9.17, 15) is 4.79 Å². The maximum atomic E-state index is 12.4. The van der Waals surface area contributed by atoms with Crippen LogP contribution in [0.3, 0.4) is 0 Å². The summed E-state index contributed by atoms with van der Waals surface area (Å²) in [4.78, 5) is 12.4. The Balaban J connectivity index is 1.89. The normalized spacial score (nSPS) is 10.4. The van der Waals surface area contributed by atoms with Crippen LogP contribution < -0.4 is 5.73 Å². The van der Waals surface area contributed by atoms with E-state index in [-0.39, 0.29) is 5.78 Å². The van der Waals surface area contributed by atoms with Crippen molar-refractivity contribution in [1.29, 1.82) is 0 Å². The first-order valence-corrected chi connectivity index (χ1v) is 7.26. The molecule has 0 amide bonds. The summed E-state index contributed by atoms with van der Waals surface area (Å²) in [6.07, 6.45) is 0.316. The van der Waals surface area contributed by atoms with Gasteiger partial charge in [-0.2, -0.15) is 0 Å². The molecule has 0 saturated carbocycles. The summed E-state index contributed by atoms with van der Waals surface area (Å²) in [5, 5.41) is 0. The summed E-state index contributed by atoms with van der Waals surface area (Å²) in [6, 6.07) is 25.3. The lowest BCUT2D eigenvalue weighted by Gasteiger charge is -2.09. The fourth-order valence-corrected chi connectivity index (χ4v) is 2.47. The van der Waals surface area contributed by atoms with Gasteiger partial charge >= 0.3 is 0 Å². The highest BCUT2D eigenvalue weighted by molar-refractivity contribution is 5.98. The van der Waals surface area contributed by atoms with Gasteiger partial charge in [0.1, 0.15) is 0 Å². The first-order chi connectivity index (χ1) is 10.7. The van der Waals surface area contributed by atoms with Gasteiger partial charge in [0.05, 0.1) is 0 Å². The van der Waals surface area contributed by atoms with Gasteiger partial charge in [-0.25, -0.2) is 0 Å². The van der Waals surface area contributed by atoms with E-state index in [0.717, 1.165) is 16.7 Å². The molecule has 2 N–H and O–H groups in total. The fraction of sp³-hybridized carbons (Fsp3) is 0.0500. The van der Waals surface area contributed by atoms with Crippen LogP contribution in [0.15, 0.2) is 78.9 Å². The van der Waals surface area contributed by atoms with Gasteiger partial charge in [0, 0.05) is 17.7 Å². The van der Waals surface area contributed by atoms with E-state index in [1.165, 1.54) is 0 Å². The first kappa shape index (κ1) is 14.1. The monoisotopic (exact) mass is 287 g/mol. The molecule has 0 saturated heterocycles. The number of hydrogen-bond donors (Lipinski definition) is 1. The highest BCUT2D eigenvalue weighted by Crippen LogP contribution is 2.24. The predicted octanol–water partition coefficient (Wildman–Crippen LogP) is 4.36. The molecule has 0 aliphatic rings. The minimum absolute atomic E-state index is 0.0810. The second-order valence-corrected chi connectivity index (χ2v) is 5.25. The second kappa shape index (κ2) is 6.27. The van der Waals surface area contributed by atoms with Crippen molar-refractivity contribution < 1.29 is 4.79 Å². The van der Waals surface area contributed by atoms with E-state index in [1.54, 1.807) is 0 Å². The standard InChI is InChI=1S/C20H17NO/c21-19-12-11-17(15-7-3-1-4-8-15)13-18(19)14-20(22)16-9-5-2-6-10-16/h1-13H,14,21H2. The van der Waals surface area contributed by atoms with Gasteiger partial charge < -0.3 is 5.73 Å². The Hall–Kier alpha value is -2.87. The molecule has 0 aliphatic carbocycles. The molecule has 2 nitrogen and oxygen atoms in total. The number of carbonyl (C=O) groups is 1. The molecular weight excluding hydrogens is 270 g/mol. The number of rotatable bonds is 4. The molecule has 0 aliphatic heterocycles. The third kappa shape index (κ3) is 3.07. The lowest BCUT2D eigenvalue weighted by molar-refractivity contribution is 0.0993. The molecule has 22 heavy (non-hydrogen) atoms. The van der Waals surface area contributed by atoms with Crippen LogP contribution in [-0.4, -0.2) is 5.78 Å². The number of nitrogen functional groups attached to an aromatic ring is 1.